The van der Waals surface area contributed by atoms with Crippen LogP contribution in [0.1, 0.15) is 23.7 Å². The van der Waals surface area contributed by atoms with E-state index in [9.17, 15) is 9.35 Å². The molecule has 0 saturated carbocycles. The van der Waals surface area contributed by atoms with Gasteiger partial charge in [-0.2, -0.15) is 9.27 Å². The molecule has 1 aromatic rings. The zero-order chi connectivity index (χ0) is 12.8. The van der Waals surface area contributed by atoms with Gasteiger partial charge in [0, 0.05) is 5.02 Å². The van der Waals surface area contributed by atoms with Crippen molar-refractivity contribution < 1.29 is 14.1 Å². The van der Waals surface area contributed by atoms with Gasteiger partial charge in [-0.1, -0.05) is 18.5 Å². The van der Waals surface area contributed by atoms with Crippen LogP contribution < -0.4 is 4.72 Å². The van der Waals surface area contributed by atoms with Gasteiger partial charge in [-0.05, 0) is 24.6 Å². The molecule has 94 valence electrons. The highest BCUT2D eigenvalue weighted by Crippen LogP contribution is 2.20. The van der Waals surface area contributed by atoms with Gasteiger partial charge in [0.1, 0.15) is 0 Å². The van der Waals surface area contributed by atoms with Crippen LogP contribution in [0.25, 0.3) is 0 Å². The quantitative estimate of drug-likeness (QED) is 0.641. The van der Waals surface area contributed by atoms with Crippen LogP contribution in [0.15, 0.2) is 18.2 Å². The molecule has 0 fully saturated rings. The minimum absolute atomic E-state index is 0.357. The minimum atomic E-state index is -0.913. The Hall–Kier alpha value is -0.910. The lowest BCUT2D eigenvalue weighted by molar-refractivity contribution is 0.0601. The topological polar surface area (TPSA) is 58.6 Å². The molecule has 4 nitrogen and oxygen atoms in total. The van der Waals surface area contributed by atoms with Gasteiger partial charge in [0.2, 0.25) is 0 Å². The van der Waals surface area contributed by atoms with E-state index in [-0.39, 0.29) is 0 Å². The average molecular weight is 277 g/mol. The normalized spacial score (nSPS) is 12.0. The lowest BCUT2D eigenvalue weighted by Crippen LogP contribution is -2.16. The standard InChI is InChI=1S/C11H15ClNO3S/c1-3-4-17(15)13-10-6-8(11(14)16-2)5-9(12)7-10/h5-7,13,15H,3-4H2,1-2H3/q+1. The van der Waals surface area contributed by atoms with Crippen molar-refractivity contribution in [3.05, 3.63) is 28.8 Å². The molecule has 0 aliphatic heterocycles. The van der Waals surface area contributed by atoms with E-state index in [2.05, 4.69) is 9.46 Å². The third-order valence-corrected chi connectivity index (χ3v) is 3.44. The Kier molecular flexibility index (Phi) is 5.61. The van der Waals surface area contributed by atoms with E-state index in [1.165, 1.54) is 13.2 Å². The van der Waals surface area contributed by atoms with Crippen molar-refractivity contribution in [2.24, 2.45) is 0 Å². The van der Waals surface area contributed by atoms with E-state index < -0.39 is 17.3 Å². The van der Waals surface area contributed by atoms with Gasteiger partial charge in [0.15, 0.2) is 5.75 Å². The van der Waals surface area contributed by atoms with Crippen molar-refractivity contribution in [2.75, 3.05) is 17.6 Å². The number of anilines is 1. The minimum Gasteiger partial charge on any atom is -0.465 e. The summed E-state index contributed by atoms with van der Waals surface area (Å²) < 4.78 is 17.1. The van der Waals surface area contributed by atoms with Crippen LogP contribution in [-0.2, 0) is 16.1 Å². The van der Waals surface area contributed by atoms with Gasteiger partial charge >= 0.3 is 5.97 Å². The number of benzene rings is 1. The van der Waals surface area contributed by atoms with Gasteiger partial charge in [-0.3, -0.25) is 0 Å². The molecule has 1 atom stereocenters. The Morgan fingerprint density at radius 2 is 2.24 bits per heavy atom. The second-order valence-corrected chi connectivity index (χ2v) is 5.17. The van der Waals surface area contributed by atoms with Crippen LogP contribution >= 0.6 is 11.6 Å². The Bertz CT molecular complexity index is 400. The molecule has 1 rings (SSSR count). The lowest BCUT2D eigenvalue weighted by atomic mass is 10.2. The molecule has 0 bridgehead atoms. The summed E-state index contributed by atoms with van der Waals surface area (Å²) >= 11 is 4.97. The first-order valence-electron chi connectivity index (χ1n) is 5.12. The predicted molar refractivity (Wildman–Crippen MR) is 71.6 cm³/mol. The van der Waals surface area contributed by atoms with Gasteiger partial charge in [-0.25, -0.2) is 4.79 Å². The maximum atomic E-state index is 11.4. The van der Waals surface area contributed by atoms with Crippen LogP contribution in [0, 0.1) is 0 Å². The lowest BCUT2D eigenvalue weighted by Gasteiger charge is -2.05. The largest absolute Gasteiger partial charge is 0.465 e. The van der Waals surface area contributed by atoms with E-state index in [1.54, 1.807) is 12.1 Å². The summed E-state index contributed by atoms with van der Waals surface area (Å²) in [5.74, 6) is 0.198. The molecule has 0 saturated heterocycles. The molecule has 0 amide bonds. The number of nitrogens with one attached hydrogen (secondary N) is 1. The summed E-state index contributed by atoms with van der Waals surface area (Å²) in [6, 6.07) is 4.78. The summed E-state index contributed by atoms with van der Waals surface area (Å²) in [7, 11) is 1.31. The third-order valence-electron chi connectivity index (χ3n) is 1.95. The molecule has 0 aliphatic rings. The summed E-state index contributed by atoms with van der Waals surface area (Å²) in [4.78, 5) is 11.4. The highest BCUT2D eigenvalue weighted by Gasteiger charge is 2.16. The van der Waals surface area contributed by atoms with Crippen LogP contribution in [0.2, 0.25) is 5.02 Å². The Morgan fingerprint density at radius 1 is 1.53 bits per heavy atom. The molecule has 0 spiro atoms. The van der Waals surface area contributed by atoms with Gasteiger partial charge in [0.05, 0.1) is 18.4 Å². The zero-order valence-electron chi connectivity index (χ0n) is 9.70. The van der Waals surface area contributed by atoms with Crippen LogP contribution in [0.3, 0.4) is 0 Å². The Morgan fingerprint density at radius 3 is 2.82 bits per heavy atom. The third kappa shape index (κ3) is 4.46. The van der Waals surface area contributed by atoms with E-state index >= 15 is 0 Å². The van der Waals surface area contributed by atoms with Crippen molar-refractivity contribution in [1.82, 2.24) is 0 Å². The van der Waals surface area contributed by atoms with Crippen molar-refractivity contribution in [1.29, 1.82) is 0 Å². The van der Waals surface area contributed by atoms with Crippen LogP contribution in [0.5, 0.6) is 0 Å². The van der Waals surface area contributed by atoms with E-state index in [4.69, 9.17) is 11.6 Å². The van der Waals surface area contributed by atoms with E-state index in [0.717, 1.165) is 6.42 Å². The monoisotopic (exact) mass is 276 g/mol. The number of halogens is 1. The Labute approximate surface area is 109 Å². The second-order valence-electron chi connectivity index (χ2n) is 3.39. The van der Waals surface area contributed by atoms with E-state index in [1.807, 2.05) is 6.92 Å². The SMILES string of the molecule is CCC[S+](O)Nc1cc(Cl)cc(C(=O)OC)c1. The first-order valence-corrected chi connectivity index (χ1v) is 6.85. The summed E-state index contributed by atoms with van der Waals surface area (Å²) in [5, 5.41) is 0.420. The number of carbonyl (C=O) groups excluding carboxylic acids is 1. The zero-order valence-corrected chi connectivity index (χ0v) is 11.3. The number of ether oxygens (including phenoxy) is 1. The van der Waals surface area contributed by atoms with Gasteiger partial charge < -0.3 is 4.74 Å². The maximum absolute atomic E-state index is 11.4. The second kappa shape index (κ2) is 6.74. The number of methoxy groups -OCH3 is 1. The van der Waals surface area contributed by atoms with Crippen molar-refractivity contribution in [3.63, 3.8) is 0 Å². The van der Waals surface area contributed by atoms with Crippen LogP contribution in [-0.4, -0.2) is 23.4 Å². The van der Waals surface area contributed by atoms with Crippen molar-refractivity contribution >= 4 is 34.6 Å². The fourth-order valence-corrected chi connectivity index (χ4v) is 2.38. The summed E-state index contributed by atoms with van der Waals surface area (Å²) in [5.41, 5.74) is 0.966. The molecule has 0 radical (unpaired) electrons. The van der Waals surface area contributed by atoms with E-state index in [0.29, 0.717) is 22.0 Å². The molecule has 0 aliphatic carbocycles. The predicted octanol–water partition coefficient (Wildman–Crippen LogP) is 2.95. The van der Waals surface area contributed by atoms with Gasteiger partial charge in [0.25, 0.3) is 11.4 Å². The molecule has 1 unspecified atom stereocenters. The number of rotatable bonds is 5. The highest BCUT2D eigenvalue weighted by molar-refractivity contribution is 7.92. The molecular formula is C11H15ClNO3S+. The fourth-order valence-electron chi connectivity index (χ4n) is 1.26. The smallest absolute Gasteiger partial charge is 0.337 e. The number of carbonyl (C=O) groups is 1. The number of hydrogen-bond donors (Lipinski definition) is 2. The Balaban J connectivity index is 2.85. The summed E-state index contributed by atoms with van der Waals surface area (Å²) in [6.07, 6.45) is 0.872. The molecule has 6 heteroatoms. The molecule has 0 aromatic heterocycles. The first kappa shape index (κ1) is 14.2. The highest BCUT2D eigenvalue weighted by atomic mass is 35.5. The molecule has 1 aromatic carbocycles. The number of esters is 1. The molecule has 0 heterocycles. The van der Waals surface area contributed by atoms with Crippen molar-refractivity contribution in [2.45, 2.75) is 13.3 Å². The van der Waals surface area contributed by atoms with Crippen LogP contribution in [0.4, 0.5) is 5.69 Å². The first-order chi connectivity index (χ1) is 8.06. The molecular weight excluding hydrogens is 262 g/mol. The molecule has 2 N–H and O–H groups in total. The van der Waals surface area contributed by atoms with Gasteiger partial charge in [-0.15, -0.1) is 0 Å². The number of hydrogen-bond acceptors (Lipinski definition) is 4. The summed E-state index contributed by atoms with van der Waals surface area (Å²) in [6.45, 7) is 1.98. The maximum Gasteiger partial charge on any atom is 0.337 e. The fraction of sp³-hybridized carbons (Fsp3) is 0.364. The molecule has 17 heavy (non-hydrogen) atoms. The average Bonchev–Trinajstić information content (AvgIpc) is 2.27. The van der Waals surface area contributed by atoms with Crippen molar-refractivity contribution in [3.8, 4) is 0 Å².